The highest BCUT2D eigenvalue weighted by atomic mass is 16.1. The lowest BCUT2D eigenvalue weighted by Crippen LogP contribution is -2.32. The van der Waals surface area contributed by atoms with E-state index in [0.717, 1.165) is 35.4 Å². The van der Waals surface area contributed by atoms with Crippen LogP contribution in [0.15, 0.2) is 36.2 Å². The Morgan fingerprint density at radius 3 is 2.67 bits per heavy atom. The number of carbonyl (C=O) groups is 1. The topological polar surface area (TPSA) is 102 Å². The Bertz CT molecular complexity index is 1120. The fourth-order valence-corrected chi connectivity index (χ4v) is 3.46. The van der Waals surface area contributed by atoms with E-state index in [1.807, 2.05) is 32.0 Å². The standard InChI is InChI=1S/C21H24N8O/c1-13-6-5-7-16(15(13)3)20(30)24-19-11-22-18(10-23-19)17-12-29(9-8-14(17)2)21-25-27-28(4)26-21/h5-7,10-11H,8-9,12H2,1-4H3,(H,23,24,30). The maximum Gasteiger partial charge on any atom is 0.266 e. The van der Waals surface area contributed by atoms with Crippen LogP contribution in [0.3, 0.4) is 0 Å². The van der Waals surface area contributed by atoms with Gasteiger partial charge in [-0.25, -0.2) is 4.98 Å². The highest BCUT2D eigenvalue weighted by Crippen LogP contribution is 2.27. The van der Waals surface area contributed by atoms with Gasteiger partial charge in [-0.05, 0) is 55.2 Å². The van der Waals surface area contributed by atoms with E-state index in [1.165, 1.54) is 10.4 Å². The van der Waals surface area contributed by atoms with Crippen molar-refractivity contribution >= 4 is 23.2 Å². The molecule has 3 aromatic rings. The number of rotatable bonds is 4. The van der Waals surface area contributed by atoms with Crippen molar-refractivity contribution in [1.29, 1.82) is 0 Å². The lowest BCUT2D eigenvalue weighted by molar-refractivity contribution is 0.102. The lowest BCUT2D eigenvalue weighted by Gasteiger charge is -2.28. The molecular formula is C21H24N8O. The minimum Gasteiger partial charge on any atom is -0.333 e. The minimum absolute atomic E-state index is 0.189. The van der Waals surface area contributed by atoms with E-state index in [0.29, 0.717) is 23.9 Å². The highest BCUT2D eigenvalue weighted by Gasteiger charge is 2.22. The van der Waals surface area contributed by atoms with Crippen LogP contribution in [0.5, 0.6) is 0 Å². The van der Waals surface area contributed by atoms with Crippen LogP contribution in [-0.2, 0) is 7.05 Å². The molecule has 0 bridgehead atoms. The van der Waals surface area contributed by atoms with E-state index in [-0.39, 0.29) is 5.91 Å². The van der Waals surface area contributed by atoms with Gasteiger partial charge in [0.1, 0.15) is 0 Å². The van der Waals surface area contributed by atoms with Gasteiger partial charge in [-0.15, -0.1) is 5.10 Å². The predicted octanol–water partition coefficient (Wildman–Crippen LogP) is 2.55. The number of nitrogens with one attached hydrogen (secondary N) is 1. The molecule has 0 atom stereocenters. The first-order chi connectivity index (χ1) is 14.4. The number of hydrogen-bond donors (Lipinski definition) is 1. The summed E-state index contributed by atoms with van der Waals surface area (Å²) in [5.74, 6) is 0.838. The Labute approximate surface area is 174 Å². The maximum atomic E-state index is 12.6. The van der Waals surface area contributed by atoms with Gasteiger partial charge >= 0.3 is 0 Å². The SMILES string of the molecule is CC1=C(c2cnc(NC(=O)c3cccc(C)c3C)cn2)CN(c2nnn(C)n2)CC1. The first-order valence-electron chi connectivity index (χ1n) is 9.80. The van der Waals surface area contributed by atoms with E-state index >= 15 is 0 Å². The number of aromatic nitrogens is 6. The number of aryl methyl sites for hydroxylation is 2. The zero-order chi connectivity index (χ0) is 21.3. The van der Waals surface area contributed by atoms with E-state index in [1.54, 1.807) is 19.4 Å². The quantitative estimate of drug-likeness (QED) is 0.713. The number of tetrazole rings is 1. The van der Waals surface area contributed by atoms with Gasteiger partial charge in [-0.3, -0.25) is 9.78 Å². The molecule has 30 heavy (non-hydrogen) atoms. The van der Waals surface area contributed by atoms with Gasteiger partial charge in [0, 0.05) is 18.7 Å². The molecule has 0 spiro atoms. The fraction of sp³-hybridized carbons (Fsp3) is 0.333. The molecule has 1 aromatic carbocycles. The fourth-order valence-electron chi connectivity index (χ4n) is 3.46. The number of benzene rings is 1. The zero-order valence-corrected chi connectivity index (χ0v) is 17.5. The highest BCUT2D eigenvalue weighted by molar-refractivity contribution is 6.04. The third kappa shape index (κ3) is 3.91. The molecule has 0 aliphatic carbocycles. The molecule has 3 heterocycles. The molecule has 0 saturated heterocycles. The summed E-state index contributed by atoms with van der Waals surface area (Å²) < 4.78 is 0. The van der Waals surface area contributed by atoms with E-state index < -0.39 is 0 Å². The third-order valence-electron chi connectivity index (χ3n) is 5.45. The molecule has 1 N–H and O–H groups in total. The van der Waals surface area contributed by atoms with Crippen molar-refractivity contribution in [3.05, 3.63) is 58.6 Å². The van der Waals surface area contributed by atoms with Crippen molar-refractivity contribution < 1.29 is 4.79 Å². The molecule has 154 valence electrons. The van der Waals surface area contributed by atoms with Gasteiger partial charge in [0.2, 0.25) is 0 Å². The summed E-state index contributed by atoms with van der Waals surface area (Å²) in [4.78, 5) is 25.1. The van der Waals surface area contributed by atoms with Crippen LogP contribution in [0.1, 0.15) is 40.5 Å². The Balaban J connectivity index is 1.50. The van der Waals surface area contributed by atoms with E-state index in [4.69, 9.17) is 0 Å². The van der Waals surface area contributed by atoms with Crippen LogP contribution in [-0.4, -0.2) is 49.2 Å². The van der Waals surface area contributed by atoms with Gasteiger partial charge in [-0.1, -0.05) is 22.8 Å². The number of carbonyl (C=O) groups excluding carboxylic acids is 1. The second-order valence-corrected chi connectivity index (χ2v) is 7.50. The van der Waals surface area contributed by atoms with Crippen LogP contribution in [0.2, 0.25) is 0 Å². The van der Waals surface area contributed by atoms with Crippen molar-refractivity contribution in [2.75, 3.05) is 23.3 Å². The van der Waals surface area contributed by atoms with Crippen molar-refractivity contribution in [3.8, 4) is 0 Å². The molecule has 0 unspecified atom stereocenters. The summed E-state index contributed by atoms with van der Waals surface area (Å²) in [5.41, 5.74) is 5.81. The lowest BCUT2D eigenvalue weighted by atomic mass is 9.99. The molecule has 0 radical (unpaired) electrons. The molecule has 1 aliphatic heterocycles. The Morgan fingerprint density at radius 2 is 1.97 bits per heavy atom. The number of anilines is 2. The van der Waals surface area contributed by atoms with Crippen molar-refractivity contribution in [1.82, 2.24) is 30.2 Å². The first-order valence-corrected chi connectivity index (χ1v) is 9.80. The minimum atomic E-state index is -0.189. The molecule has 1 amide bonds. The summed E-state index contributed by atoms with van der Waals surface area (Å²) in [6, 6.07) is 5.67. The molecule has 9 nitrogen and oxygen atoms in total. The zero-order valence-electron chi connectivity index (χ0n) is 17.5. The smallest absolute Gasteiger partial charge is 0.266 e. The number of hydrogen-bond acceptors (Lipinski definition) is 7. The molecule has 0 fully saturated rings. The molecular weight excluding hydrogens is 380 g/mol. The first kappa shape index (κ1) is 19.7. The number of amides is 1. The molecule has 9 heteroatoms. The van der Waals surface area contributed by atoms with Crippen LogP contribution in [0.4, 0.5) is 11.8 Å². The van der Waals surface area contributed by atoms with Gasteiger partial charge < -0.3 is 10.2 Å². The van der Waals surface area contributed by atoms with Gasteiger partial charge in [-0.2, -0.15) is 4.80 Å². The van der Waals surface area contributed by atoms with Crippen LogP contribution >= 0.6 is 0 Å². The third-order valence-corrected chi connectivity index (χ3v) is 5.45. The molecule has 2 aromatic heterocycles. The molecule has 1 aliphatic rings. The van der Waals surface area contributed by atoms with Crippen LogP contribution in [0, 0.1) is 13.8 Å². The van der Waals surface area contributed by atoms with Crippen molar-refractivity contribution in [2.45, 2.75) is 27.2 Å². The molecule has 0 saturated carbocycles. The second kappa shape index (κ2) is 8.02. The largest absolute Gasteiger partial charge is 0.333 e. The van der Waals surface area contributed by atoms with E-state index in [2.05, 4.69) is 42.5 Å². The monoisotopic (exact) mass is 404 g/mol. The van der Waals surface area contributed by atoms with Gasteiger partial charge in [0.25, 0.3) is 11.9 Å². The summed E-state index contributed by atoms with van der Waals surface area (Å²) in [7, 11) is 1.75. The number of nitrogens with zero attached hydrogens (tertiary/aromatic N) is 7. The Morgan fingerprint density at radius 1 is 1.13 bits per heavy atom. The summed E-state index contributed by atoms with van der Waals surface area (Å²) in [5, 5.41) is 15.1. The summed E-state index contributed by atoms with van der Waals surface area (Å²) in [6.07, 6.45) is 4.18. The molecule has 4 rings (SSSR count). The predicted molar refractivity (Wildman–Crippen MR) is 114 cm³/mol. The average Bonchev–Trinajstić information content (AvgIpc) is 3.17. The van der Waals surface area contributed by atoms with Crippen LogP contribution < -0.4 is 10.2 Å². The van der Waals surface area contributed by atoms with Crippen LogP contribution in [0.25, 0.3) is 5.57 Å². The van der Waals surface area contributed by atoms with E-state index in [9.17, 15) is 4.79 Å². The summed E-state index contributed by atoms with van der Waals surface area (Å²) in [6.45, 7) is 7.50. The van der Waals surface area contributed by atoms with Gasteiger partial charge in [0.15, 0.2) is 5.82 Å². The summed E-state index contributed by atoms with van der Waals surface area (Å²) >= 11 is 0. The Hall–Kier alpha value is -3.62. The van der Waals surface area contributed by atoms with Crippen molar-refractivity contribution in [3.63, 3.8) is 0 Å². The Kier molecular flexibility index (Phi) is 5.26. The normalized spacial score (nSPS) is 14.2. The van der Waals surface area contributed by atoms with Crippen molar-refractivity contribution in [2.24, 2.45) is 7.05 Å². The average molecular weight is 404 g/mol. The second-order valence-electron chi connectivity index (χ2n) is 7.50. The van der Waals surface area contributed by atoms with Gasteiger partial charge in [0.05, 0.1) is 25.1 Å². The maximum absolute atomic E-state index is 12.6.